The van der Waals surface area contributed by atoms with Crippen LogP contribution in [-0.4, -0.2) is 30.5 Å². The second-order valence-corrected chi connectivity index (χ2v) is 9.40. The van der Waals surface area contributed by atoms with Crippen LogP contribution in [0.15, 0.2) is 82.7 Å². The number of aromatic amines is 1. The Bertz CT molecular complexity index is 1970. The molecule has 1 atom stereocenters. The number of para-hydroxylation sites is 1. The minimum absolute atomic E-state index is 0.175. The number of anilines is 1. The molecule has 4 heterocycles. The number of carbonyl (C=O) groups excluding carboxylic acids is 1. The van der Waals surface area contributed by atoms with Gasteiger partial charge in [-0.15, -0.1) is 15.9 Å². The number of carbonyl (C=O) groups is 1. The predicted molar refractivity (Wildman–Crippen MR) is 147 cm³/mol. The molecule has 0 aliphatic carbocycles. The van der Waals surface area contributed by atoms with Gasteiger partial charge in [0.1, 0.15) is 23.9 Å². The molecule has 0 saturated carbocycles. The zero-order valence-corrected chi connectivity index (χ0v) is 21.4. The zero-order chi connectivity index (χ0) is 26.9. The van der Waals surface area contributed by atoms with E-state index in [1.54, 1.807) is 53.6 Å². The molecule has 10 nitrogen and oxygen atoms in total. The molecule has 0 saturated heterocycles. The van der Waals surface area contributed by atoms with Crippen LogP contribution >= 0.6 is 11.3 Å². The molecule has 0 bridgehead atoms. The number of benzene rings is 2. The van der Waals surface area contributed by atoms with Crippen LogP contribution in [0.2, 0.25) is 0 Å². The molecule has 4 N–H and O–H groups in total. The highest BCUT2D eigenvalue weighted by atomic mass is 32.1. The van der Waals surface area contributed by atoms with Crippen molar-refractivity contribution in [3.05, 3.63) is 111 Å². The Morgan fingerprint density at radius 3 is 2.77 bits per heavy atom. The number of aromatic nitrogens is 6. The van der Waals surface area contributed by atoms with Crippen LogP contribution in [0.4, 0.5) is 5.82 Å². The average Bonchev–Trinajstić information content (AvgIpc) is 3.59. The molecule has 1 unspecified atom stereocenters. The number of nitrogens with two attached hydrogens (primary N) is 1. The van der Waals surface area contributed by atoms with Crippen LogP contribution in [0.1, 0.15) is 40.4 Å². The van der Waals surface area contributed by atoms with Crippen molar-refractivity contribution in [1.29, 1.82) is 0 Å². The van der Waals surface area contributed by atoms with Crippen molar-refractivity contribution in [2.75, 3.05) is 5.73 Å². The lowest BCUT2D eigenvalue weighted by molar-refractivity contribution is -0.577. The monoisotopic (exact) mass is 533 g/mol. The minimum Gasteiger partial charge on any atom is -0.382 e. The number of hydrogen-bond donors (Lipinski definition) is 3. The van der Waals surface area contributed by atoms with Crippen molar-refractivity contribution in [1.82, 2.24) is 29.9 Å². The maximum Gasteiger partial charge on any atom is 0.362 e. The van der Waals surface area contributed by atoms with Crippen molar-refractivity contribution in [3.63, 3.8) is 0 Å². The van der Waals surface area contributed by atoms with Crippen LogP contribution < -0.4 is 21.1 Å². The first kappa shape index (κ1) is 24.0. The highest BCUT2D eigenvalue weighted by Gasteiger charge is 2.27. The Kier molecular flexibility index (Phi) is 6.07. The summed E-state index contributed by atoms with van der Waals surface area (Å²) in [6.07, 6.45) is 3.29. The molecule has 6 rings (SSSR count). The SMILES string of the molecule is CC(NC(=O)c1c(N)[nH][n+]2cccnc12)c1nc2cccc(C#Cc3cscn3)c2c(=O)n1-c1ccccc1. The van der Waals surface area contributed by atoms with E-state index in [-0.39, 0.29) is 16.9 Å². The Hall–Kier alpha value is -5.34. The van der Waals surface area contributed by atoms with Crippen molar-refractivity contribution >= 4 is 39.6 Å². The Morgan fingerprint density at radius 1 is 1.13 bits per heavy atom. The van der Waals surface area contributed by atoms with Crippen LogP contribution in [0.25, 0.3) is 22.2 Å². The topological polar surface area (TPSA) is 136 Å². The summed E-state index contributed by atoms with van der Waals surface area (Å²) < 4.78 is 3.07. The predicted octanol–water partition coefficient (Wildman–Crippen LogP) is 2.78. The van der Waals surface area contributed by atoms with E-state index in [4.69, 9.17) is 10.7 Å². The number of nitrogens with zero attached hydrogens (tertiary/aromatic N) is 5. The van der Waals surface area contributed by atoms with Gasteiger partial charge in [0.05, 0.1) is 28.1 Å². The maximum atomic E-state index is 14.1. The number of hydrogen-bond acceptors (Lipinski definition) is 7. The first-order valence-corrected chi connectivity index (χ1v) is 12.9. The molecule has 0 fully saturated rings. The molecule has 0 radical (unpaired) electrons. The van der Waals surface area contributed by atoms with E-state index in [9.17, 15) is 9.59 Å². The minimum atomic E-state index is -0.669. The Labute approximate surface area is 225 Å². The van der Waals surface area contributed by atoms with E-state index in [1.165, 1.54) is 15.9 Å². The summed E-state index contributed by atoms with van der Waals surface area (Å²) in [5.74, 6) is 6.17. The van der Waals surface area contributed by atoms with Crippen LogP contribution in [-0.2, 0) is 0 Å². The summed E-state index contributed by atoms with van der Waals surface area (Å²) in [5.41, 5.74) is 10.4. The second kappa shape index (κ2) is 9.85. The summed E-state index contributed by atoms with van der Waals surface area (Å²) in [7, 11) is 0. The normalized spacial score (nSPS) is 11.7. The number of H-pyrrole nitrogens is 1. The summed E-state index contributed by atoms with van der Waals surface area (Å²) in [6, 6.07) is 15.6. The third kappa shape index (κ3) is 4.39. The third-order valence-corrected chi connectivity index (χ3v) is 6.72. The molecule has 4 aromatic heterocycles. The van der Waals surface area contributed by atoms with Gasteiger partial charge in [-0.25, -0.2) is 15.1 Å². The number of fused-ring (bicyclic) bond motifs is 2. The fourth-order valence-electron chi connectivity index (χ4n) is 4.38. The summed E-state index contributed by atoms with van der Waals surface area (Å²) in [5, 5.41) is 8.07. The standard InChI is InChI=1S/C28H20N8O2S/c1-17(32-27(37)23-24(29)34-35-14-6-13-30-26(23)35)25-33-21-10-5-7-18(11-12-19-15-39-16-31-19)22(21)28(38)36(25)20-8-3-2-4-9-20/h2-10,13-17H,1H3,(H3,29,32,34,37)/p+1. The molecule has 39 heavy (non-hydrogen) atoms. The van der Waals surface area contributed by atoms with Crippen molar-refractivity contribution in [2.45, 2.75) is 13.0 Å². The van der Waals surface area contributed by atoms with Gasteiger partial charge >= 0.3 is 5.65 Å². The van der Waals surface area contributed by atoms with Gasteiger partial charge < -0.3 is 11.1 Å². The van der Waals surface area contributed by atoms with Gasteiger partial charge in [0.25, 0.3) is 11.5 Å². The van der Waals surface area contributed by atoms with Crippen LogP contribution in [0.5, 0.6) is 0 Å². The number of nitrogen functional groups attached to an aromatic ring is 1. The van der Waals surface area contributed by atoms with E-state index in [2.05, 4.69) is 32.2 Å². The van der Waals surface area contributed by atoms with Crippen molar-refractivity contribution in [3.8, 4) is 17.5 Å². The first-order chi connectivity index (χ1) is 19.0. The molecular formula is C28H21N8O2S+. The summed E-state index contributed by atoms with van der Waals surface area (Å²) in [4.78, 5) is 40.8. The quantitative estimate of drug-likeness (QED) is 0.236. The fraction of sp³-hybridized carbons (Fsp3) is 0.0714. The molecule has 2 aromatic carbocycles. The summed E-state index contributed by atoms with van der Waals surface area (Å²) in [6.45, 7) is 1.77. The highest BCUT2D eigenvalue weighted by molar-refractivity contribution is 7.07. The van der Waals surface area contributed by atoms with E-state index >= 15 is 0 Å². The molecule has 11 heteroatoms. The second-order valence-electron chi connectivity index (χ2n) is 8.68. The largest absolute Gasteiger partial charge is 0.382 e. The molecule has 190 valence electrons. The molecule has 6 aromatic rings. The van der Waals surface area contributed by atoms with Crippen molar-refractivity contribution < 1.29 is 9.31 Å². The Morgan fingerprint density at radius 2 is 1.97 bits per heavy atom. The van der Waals surface area contributed by atoms with Gasteiger partial charge in [-0.1, -0.05) is 30.2 Å². The fourth-order valence-corrected chi connectivity index (χ4v) is 4.87. The highest BCUT2D eigenvalue weighted by Crippen LogP contribution is 2.21. The van der Waals surface area contributed by atoms with Gasteiger partial charge in [-0.2, -0.15) is 0 Å². The maximum absolute atomic E-state index is 14.1. The van der Waals surface area contributed by atoms with Crippen molar-refractivity contribution in [2.24, 2.45) is 0 Å². The molecule has 0 aliphatic rings. The summed E-state index contributed by atoms with van der Waals surface area (Å²) >= 11 is 1.45. The van der Waals surface area contributed by atoms with Gasteiger partial charge in [-0.3, -0.25) is 14.2 Å². The van der Waals surface area contributed by atoms with E-state index in [1.807, 2.05) is 35.7 Å². The molecule has 0 aliphatic heterocycles. The lowest BCUT2D eigenvalue weighted by Crippen LogP contribution is -2.34. The van der Waals surface area contributed by atoms with Gasteiger partial charge in [0.2, 0.25) is 0 Å². The van der Waals surface area contributed by atoms with Gasteiger partial charge in [-0.05, 0) is 42.1 Å². The van der Waals surface area contributed by atoms with E-state index in [0.717, 1.165) is 0 Å². The number of amides is 1. The molecular weight excluding hydrogens is 512 g/mol. The Balaban J connectivity index is 1.48. The lowest BCUT2D eigenvalue weighted by Gasteiger charge is -2.19. The number of rotatable bonds is 4. The average molecular weight is 534 g/mol. The molecule has 1 amide bonds. The smallest absolute Gasteiger partial charge is 0.362 e. The molecule has 0 spiro atoms. The van der Waals surface area contributed by atoms with Gasteiger partial charge in [0, 0.05) is 17.0 Å². The first-order valence-electron chi connectivity index (χ1n) is 12.0. The van der Waals surface area contributed by atoms with E-state index < -0.39 is 11.9 Å². The van der Waals surface area contributed by atoms with Crippen LogP contribution in [0, 0.1) is 11.8 Å². The lowest BCUT2D eigenvalue weighted by atomic mass is 10.1. The van der Waals surface area contributed by atoms with Crippen LogP contribution in [0.3, 0.4) is 0 Å². The van der Waals surface area contributed by atoms with Gasteiger partial charge in [0.15, 0.2) is 11.4 Å². The zero-order valence-electron chi connectivity index (χ0n) is 20.6. The number of thiazole rings is 1. The number of nitrogens with one attached hydrogen (secondary N) is 2. The van der Waals surface area contributed by atoms with E-state index in [0.29, 0.717) is 39.3 Å². The third-order valence-electron chi connectivity index (χ3n) is 6.14.